The first-order valence-electron chi connectivity index (χ1n) is 4.84. The quantitative estimate of drug-likeness (QED) is 0.561. The van der Waals surface area contributed by atoms with Crippen LogP contribution in [0.5, 0.6) is 0 Å². The third kappa shape index (κ3) is 4.36. The van der Waals surface area contributed by atoms with Gasteiger partial charge in [0.25, 0.3) is 0 Å². The molecule has 0 aliphatic rings. The second kappa shape index (κ2) is 5.68. The Bertz CT molecular complexity index is 395. The number of carbonyl (C=O) groups excluding carboxylic acids is 1. The van der Waals surface area contributed by atoms with E-state index < -0.39 is 6.09 Å². The van der Waals surface area contributed by atoms with Gasteiger partial charge in [0.2, 0.25) is 17.8 Å². The van der Waals surface area contributed by atoms with Gasteiger partial charge in [0.05, 0.1) is 6.54 Å². The number of nitrogens with two attached hydrogens (primary N) is 2. The highest BCUT2D eigenvalue weighted by atomic mass is 16.5. The van der Waals surface area contributed by atoms with E-state index >= 15 is 0 Å². The van der Waals surface area contributed by atoms with Gasteiger partial charge in [0.1, 0.15) is 6.61 Å². The molecule has 1 aromatic rings. The lowest BCUT2D eigenvalue weighted by Gasteiger charge is -2.12. The molecule has 0 bridgehead atoms. The van der Waals surface area contributed by atoms with E-state index in [9.17, 15) is 4.79 Å². The van der Waals surface area contributed by atoms with Crippen molar-refractivity contribution in [1.82, 2.24) is 15.0 Å². The van der Waals surface area contributed by atoms with Gasteiger partial charge in [0.15, 0.2) is 0 Å². The first kappa shape index (κ1) is 12.7. The molecular weight excluding hydrogens is 226 g/mol. The first-order valence-corrected chi connectivity index (χ1v) is 4.84. The fraction of sp³-hybridized carbons (Fsp3) is 0.500. The molecule has 0 aromatic carbocycles. The van der Waals surface area contributed by atoms with Crippen molar-refractivity contribution in [3.05, 3.63) is 0 Å². The number of anilines is 3. The van der Waals surface area contributed by atoms with Gasteiger partial charge < -0.3 is 26.4 Å². The number of hydrogen-bond acceptors (Lipinski definition) is 8. The van der Waals surface area contributed by atoms with Crippen molar-refractivity contribution in [1.29, 1.82) is 0 Å². The number of nitrogen functional groups attached to an aromatic ring is 1. The first-order chi connectivity index (χ1) is 7.99. The highest BCUT2D eigenvalue weighted by molar-refractivity contribution is 5.64. The summed E-state index contributed by atoms with van der Waals surface area (Å²) < 4.78 is 4.54. The minimum Gasteiger partial charge on any atom is -0.448 e. The number of amides is 1. The van der Waals surface area contributed by atoms with E-state index in [1.54, 1.807) is 19.0 Å². The second-order valence-corrected chi connectivity index (χ2v) is 3.31. The molecule has 0 aliphatic carbocycles. The second-order valence-electron chi connectivity index (χ2n) is 3.31. The number of rotatable bonds is 5. The number of aromatic nitrogens is 3. The van der Waals surface area contributed by atoms with Crippen LogP contribution in [0.2, 0.25) is 0 Å². The van der Waals surface area contributed by atoms with E-state index in [1.807, 2.05) is 0 Å². The van der Waals surface area contributed by atoms with Crippen molar-refractivity contribution < 1.29 is 9.53 Å². The van der Waals surface area contributed by atoms with Gasteiger partial charge in [-0.05, 0) is 0 Å². The molecule has 0 saturated heterocycles. The average molecular weight is 241 g/mol. The summed E-state index contributed by atoms with van der Waals surface area (Å²) in [7, 11) is 3.57. The van der Waals surface area contributed by atoms with E-state index in [0.717, 1.165) is 0 Å². The number of nitrogens with zero attached hydrogens (tertiary/aromatic N) is 4. The molecule has 0 aliphatic heterocycles. The number of ether oxygens (including phenoxy) is 1. The molecule has 17 heavy (non-hydrogen) atoms. The predicted molar refractivity (Wildman–Crippen MR) is 62.6 cm³/mol. The predicted octanol–water partition coefficient (Wildman–Crippen LogP) is -0.973. The van der Waals surface area contributed by atoms with Crippen molar-refractivity contribution in [2.24, 2.45) is 5.73 Å². The van der Waals surface area contributed by atoms with Gasteiger partial charge in [-0.25, -0.2) is 4.79 Å². The molecule has 0 atom stereocenters. The normalized spacial score (nSPS) is 9.76. The SMILES string of the molecule is CN(C)c1nc(N)nc(NCCOC(N)=O)n1. The summed E-state index contributed by atoms with van der Waals surface area (Å²) in [5.74, 6) is 0.868. The van der Waals surface area contributed by atoms with Crippen LogP contribution in [0.1, 0.15) is 0 Å². The van der Waals surface area contributed by atoms with Crippen LogP contribution in [0.4, 0.5) is 22.6 Å². The summed E-state index contributed by atoms with van der Waals surface area (Å²) in [6.45, 7) is 0.456. The molecule has 0 fully saturated rings. The average Bonchev–Trinajstić information content (AvgIpc) is 2.23. The molecule has 1 aromatic heterocycles. The zero-order chi connectivity index (χ0) is 12.8. The summed E-state index contributed by atoms with van der Waals surface area (Å²) in [6, 6.07) is 0. The van der Waals surface area contributed by atoms with Gasteiger partial charge in [0, 0.05) is 14.1 Å². The Morgan fingerprint density at radius 3 is 2.71 bits per heavy atom. The Morgan fingerprint density at radius 1 is 1.41 bits per heavy atom. The molecule has 0 spiro atoms. The summed E-state index contributed by atoms with van der Waals surface area (Å²) in [5, 5.41) is 2.83. The van der Waals surface area contributed by atoms with Crippen molar-refractivity contribution in [3.8, 4) is 0 Å². The van der Waals surface area contributed by atoms with Crippen molar-refractivity contribution >= 4 is 23.9 Å². The molecule has 0 radical (unpaired) electrons. The maximum atomic E-state index is 10.3. The zero-order valence-electron chi connectivity index (χ0n) is 9.67. The molecule has 0 saturated carbocycles. The van der Waals surface area contributed by atoms with Crippen molar-refractivity contribution in [3.63, 3.8) is 0 Å². The molecule has 1 heterocycles. The Hall–Kier alpha value is -2.32. The van der Waals surface area contributed by atoms with Crippen LogP contribution >= 0.6 is 0 Å². The zero-order valence-corrected chi connectivity index (χ0v) is 9.67. The van der Waals surface area contributed by atoms with Crippen LogP contribution < -0.4 is 21.7 Å². The van der Waals surface area contributed by atoms with E-state index in [0.29, 0.717) is 18.4 Å². The van der Waals surface area contributed by atoms with Crippen molar-refractivity contribution in [2.75, 3.05) is 43.2 Å². The lowest BCUT2D eigenvalue weighted by Crippen LogP contribution is -2.20. The molecule has 9 nitrogen and oxygen atoms in total. The molecule has 1 amide bonds. The van der Waals surface area contributed by atoms with E-state index in [1.165, 1.54) is 0 Å². The van der Waals surface area contributed by atoms with Gasteiger partial charge >= 0.3 is 6.09 Å². The third-order valence-corrected chi connectivity index (χ3v) is 1.67. The minimum absolute atomic E-state index is 0.113. The highest BCUT2D eigenvalue weighted by Crippen LogP contribution is 2.08. The number of carbonyl (C=O) groups is 1. The van der Waals surface area contributed by atoms with Crippen LogP contribution in [0.25, 0.3) is 0 Å². The number of nitrogens with one attached hydrogen (secondary N) is 1. The number of hydrogen-bond donors (Lipinski definition) is 3. The molecule has 5 N–H and O–H groups in total. The van der Waals surface area contributed by atoms with Crippen LogP contribution in [-0.2, 0) is 4.74 Å². The lowest BCUT2D eigenvalue weighted by atomic mass is 10.6. The van der Waals surface area contributed by atoms with Crippen LogP contribution in [0.3, 0.4) is 0 Å². The Balaban J connectivity index is 2.55. The Kier molecular flexibility index (Phi) is 4.26. The lowest BCUT2D eigenvalue weighted by molar-refractivity contribution is 0.161. The maximum absolute atomic E-state index is 10.3. The monoisotopic (exact) mass is 241 g/mol. The van der Waals surface area contributed by atoms with Gasteiger partial charge in [-0.2, -0.15) is 15.0 Å². The standard InChI is InChI=1S/C8H15N7O2/c1-15(2)8-13-5(9)12-7(14-8)11-3-4-17-6(10)16/h3-4H2,1-2H3,(H2,10,16)(H3,9,11,12,13,14). The topological polar surface area (TPSA) is 132 Å². The highest BCUT2D eigenvalue weighted by Gasteiger charge is 2.05. The van der Waals surface area contributed by atoms with Gasteiger partial charge in [-0.15, -0.1) is 0 Å². The van der Waals surface area contributed by atoms with E-state index in [2.05, 4.69) is 25.0 Å². The molecule has 0 unspecified atom stereocenters. The Morgan fingerprint density at radius 2 is 2.12 bits per heavy atom. The van der Waals surface area contributed by atoms with E-state index in [4.69, 9.17) is 11.5 Å². The van der Waals surface area contributed by atoms with Gasteiger partial charge in [-0.1, -0.05) is 0 Å². The largest absolute Gasteiger partial charge is 0.448 e. The molecule has 94 valence electrons. The molecule has 9 heteroatoms. The van der Waals surface area contributed by atoms with Crippen LogP contribution in [0.15, 0.2) is 0 Å². The third-order valence-electron chi connectivity index (χ3n) is 1.67. The smallest absolute Gasteiger partial charge is 0.404 e. The van der Waals surface area contributed by atoms with Crippen molar-refractivity contribution in [2.45, 2.75) is 0 Å². The minimum atomic E-state index is -0.823. The maximum Gasteiger partial charge on any atom is 0.404 e. The Labute approximate surface area is 98.2 Å². The van der Waals surface area contributed by atoms with Crippen LogP contribution in [-0.4, -0.2) is 48.3 Å². The summed E-state index contributed by atoms with van der Waals surface area (Å²) >= 11 is 0. The fourth-order valence-electron chi connectivity index (χ4n) is 0.974. The molecular formula is C8H15N7O2. The summed E-state index contributed by atoms with van der Waals surface area (Å²) in [6.07, 6.45) is -0.823. The summed E-state index contributed by atoms with van der Waals surface area (Å²) in [4.78, 5) is 23.9. The summed E-state index contributed by atoms with van der Waals surface area (Å²) in [5.41, 5.74) is 10.3. The number of primary amides is 1. The van der Waals surface area contributed by atoms with E-state index in [-0.39, 0.29) is 12.6 Å². The van der Waals surface area contributed by atoms with Gasteiger partial charge in [-0.3, -0.25) is 0 Å². The molecule has 1 rings (SSSR count). The fourth-order valence-corrected chi connectivity index (χ4v) is 0.974. The van der Waals surface area contributed by atoms with Crippen LogP contribution in [0, 0.1) is 0 Å².